The van der Waals surface area contributed by atoms with E-state index in [1.54, 1.807) is 19.2 Å². The van der Waals surface area contributed by atoms with Crippen LogP contribution >= 0.6 is 11.6 Å². The van der Waals surface area contributed by atoms with Crippen LogP contribution in [-0.2, 0) is 9.53 Å². The second kappa shape index (κ2) is 6.35. The molecule has 0 amide bonds. The topological polar surface area (TPSA) is 47.6 Å². The molecule has 1 aromatic rings. The third-order valence-electron chi connectivity index (χ3n) is 2.27. The highest BCUT2D eigenvalue weighted by Crippen LogP contribution is 2.27. The van der Waals surface area contributed by atoms with Crippen molar-refractivity contribution in [3.05, 3.63) is 23.2 Å². The lowest BCUT2D eigenvalue weighted by Gasteiger charge is -2.14. The summed E-state index contributed by atoms with van der Waals surface area (Å²) >= 11 is 5.99. The molecule has 0 fully saturated rings. The van der Waals surface area contributed by atoms with Gasteiger partial charge in [-0.2, -0.15) is 0 Å². The first-order valence-electron chi connectivity index (χ1n) is 5.23. The van der Waals surface area contributed by atoms with E-state index < -0.39 is 0 Å². The van der Waals surface area contributed by atoms with Gasteiger partial charge in [-0.15, -0.1) is 0 Å². The van der Waals surface area contributed by atoms with Gasteiger partial charge in [0.15, 0.2) is 0 Å². The molecule has 0 spiro atoms. The molecule has 0 radical (unpaired) electrons. The van der Waals surface area contributed by atoms with Crippen LogP contribution in [-0.4, -0.2) is 26.2 Å². The summed E-state index contributed by atoms with van der Waals surface area (Å²) in [6.07, 6.45) is 0.306. The van der Waals surface area contributed by atoms with Crippen LogP contribution in [0, 0.1) is 0 Å². The SMILES string of the molecule is COC(=O)CC(C)Nc1ccc(OC)c(Cl)c1. The zero-order valence-electron chi connectivity index (χ0n) is 10.1. The molecule has 0 saturated carbocycles. The Bertz CT molecular complexity index is 395. The number of benzene rings is 1. The highest BCUT2D eigenvalue weighted by molar-refractivity contribution is 6.32. The zero-order valence-corrected chi connectivity index (χ0v) is 10.9. The maximum absolute atomic E-state index is 11.1. The van der Waals surface area contributed by atoms with E-state index in [4.69, 9.17) is 16.3 Å². The third kappa shape index (κ3) is 4.15. The van der Waals surface area contributed by atoms with Gasteiger partial charge in [0.25, 0.3) is 0 Å². The van der Waals surface area contributed by atoms with Crippen molar-refractivity contribution in [1.82, 2.24) is 0 Å². The summed E-state index contributed by atoms with van der Waals surface area (Å²) < 4.78 is 9.65. The molecule has 1 unspecified atom stereocenters. The molecule has 4 nitrogen and oxygen atoms in total. The Labute approximate surface area is 106 Å². The van der Waals surface area contributed by atoms with Crippen LogP contribution in [0.3, 0.4) is 0 Å². The van der Waals surface area contributed by atoms with Crippen LogP contribution in [0.4, 0.5) is 5.69 Å². The molecule has 1 rings (SSSR count). The molecule has 94 valence electrons. The van der Waals surface area contributed by atoms with E-state index in [9.17, 15) is 4.79 Å². The number of halogens is 1. The Hall–Kier alpha value is -1.42. The summed E-state index contributed by atoms with van der Waals surface area (Å²) in [5.74, 6) is 0.377. The highest BCUT2D eigenvalue weighted by Gasteiger charge is 2.09. The van der Waals surface area contributed by atoms with Crippen molar-refractivity contribution in [1.29, 1.82) is 0 Å². The first-order valence-corrected chi connectivity index (χ1v) is 5.61. The van der Waals surface area contributed by atoms with Crippen molar-refractivity contribution in [3.63, 3.8) is 0 Å². The predicted molar refractivity (Wildman–Crippen MR) is 67.7 cm³/mol. The first-order chi connectivity index (χ1) is 8.06. The normalized spacial score (nSPS) is 11.8. The number of esters is 1. The van der Waals surface area contributed by atoms with Crippen LogP contribution in [0.15, 0.2) is 18.2 Å². The molecule has 0 aliphatic carbocycles. The number of carbonyl (C=O) groups is 1. The molecule has 0 aromatic heterocycles. The lowest BCUT2D eigenvalue weighted by Crippen LogP contribution is -2.20. The summed E-state index contributed by atoms with van der Waals surface area (Å²) in [4.78, 5) is 11.1. The Morgan fingerprint density at radius 2 is 2.18 bits per heavy atom. The number of anilines is 1. The summed E-state index contributed by atoms with van der Waals surface area (Å²) in [5, 5.41) is 3.69. The van der Waals surface area contributed by atoms with Crippen molar-refractivity contribution in [2.24, 2.45) is 0 Å². The van der Waals surface area contributed by atoms with E-state index >= 15 is 0 Å². The lowest BCUT2D eigenvalue weighted by atomic mass is 10.2. The smallest absolute Gasteiger partial charge is 0.307 e. The number of ether oxygens (including phenoxy) is 2. The average molecular weight is 258 g/mol. The molecule has 1 N–H and O–H groups in total. The van der Waals surface area contributed by atoms with E-state index in [2.05, 4.69) is 10.1 Å². The summed E-state index contributed by atoms with van der Waals surface area (Å²) in [6.45, 7) is 1.90. The fourth-order valence-electron chi connectivity index (χ4n) is 1.43. The standard InChI is InChI=1S/C12H16ClNO3/c1-8(6-12(15)17-3)14-9-4-5-11(16-2)10(13)7-9/h4-5,7-8,14H,6H2,1-3H3. The Kier molecular flexibility index (Phi) is 5.10. The van der Waals surface area contributed by atoms with Crippen LogP contribution in [0.5, 0.6) is 5.75 Å². The van der Waals surface area contributed by atoms with Gasteiger partial charge in [0.2, 0.25) is 0 Å². The minimum Gasteiger partial charge on any atom is -0.495 e. The van der Waals surface area contributed by atoms with Gasteiger partial charge in [-0.05, 0) is 25.1 Å². The van der Waals surface area contributed by atoms with Crippen LogP contribution < -0.4 is 10.1 Å². The molecule has 0 bridgehead atoms. The number of nitrogens with one attached hydrogen (secondary N) is 1. The van der Waals surface area contributed by atoms with Crippen molar-refractivity contribution in [2.75, 3.05) is 19.5 Å². The van der Waals surface area contributed by atoms with Crippen LogP contribution in [0.2, 0.25) is 5.02 Å². The predicted octanol–water partition coefficient (Wildman–Crippen LogP) is 2.71. The molecule has 5 heteroatoms. The molecule has 0 aliphatic rings. The van der Waals surface area contributed by atoms with Gasteiger partial charge in [0.05, 0.1) is 25.7 Å². The summed E-state index contributed by atoms with van der Waals surface area (Å²) in [5.41, 5.74) is 0.840. The number of hydrogen-bond acceptors (Lipinski definition) is 4. The molecule has 1 atom stereocenters. The van der Waals surface area contributed by atoms with Crippen molar-refractivity contribution in [3.8, 4) is 5.75 Å². The third-order valence-corrected chi connectivity index (χ3v) is 2.56. The second-order valence-corrected chi connectivity index (χ2v) is 4.08. The van der Waals surface area contributed by atoms with Crippen molar-refractivity contribution in [2.45, 2.75) is 19.4 Å². The number of hydrogen-bond donors (Lipinski definition) is 1. The monoisotopic (exact) mass is 257 g/mol. The van der Waals surface area contributed by atoms with Gasteiger partial charge >= 0.3 is 5.97 Å². The molecular formula is C12H16ClNO3. The molecule has 0 aliphatic heterocycles. The molecule has 1 aromatic carbocycles. The van der Waals surface area contributed by atoms with Crippen LogP contribution in [0.1, 0.15) is 13.3 Å². The zero-order chi connectivity index (χ0) is 12.8. The second-order valence-electron chi connectivity index (χ2n) is 3.67. The maximum Gasteiger partial charge on any atom is 0.307 e. The fraction of sp³-hybridized carbons (Fsp3) is 0.417. The van der Waals surface area contributed by atoms with Crippen molar-refractivity contribution >= 4 is 23.3 Å². The number of carbonyl (C=O) groups excluding carboxylic acids is 1. The van der Waals surface area contributed by atoms with Gasteiger partial charge in [0.1, 0.15) is 5.75 Å². The minimum atomic E-state index is -0.246. The maximum atomic E-state index is 11.1. The van der Waals surface area contributed by atoms with E-state index in [1.807, 2.05) is 13.0 Å². The van der Waals surface area contributed by atoms with Gasteiger partial charge in [-0.1, -0.05) is 11.6 Å². The molecule has 0 heterocycles. The first kappa shape index (κ1) is 13.6. The Balaban J connectivity index is 2.62. The molecular weight excluding hydrogens is 242 g/mol. The summed E-state index contributed by atoms with van der Waals surface area (Å²) in [6, 6.07) is 5.36. The van der Waals surface area contributed by atoms with Gasteiger partial charge in [-0.3, -0.25) is 4.79 Å². The van der Waals surface area contributed by atoms with Gasteiger partial charge in [-0.25, -0.2) is 0 Å². The van der Waals surface area contributed by atoms with Gasteiger partial charge < -0.3 is 14.8 Å². The minimum absolute atomic E-state index is 0.0214. The largest absolute Gasteiger partial charge is 0.495 e. The quantitative estimate of drug-likeness (QED) is 0.824. The van der Waals surface area contributed by atoms with Crippen LogP contribution in [0.25, 0.3) is 0 Å². The van der Waals surface area contributed by atoms with Gasteiger partial charge in [0, 0.05) is 11.7 Å². The number of rotatable bonds is 5. The Morgan fingerprint density at radius 3 is 2.71 bits per heavy atom. The average Bonchev–Trinajstić information content (AvgIpc) is 2.29. The van der Waals surface area contributed by atoms with Crippen molar-refractivity contribution < 1.29 is 14.3 Å². The highest BCUT2D eigenvalue weighted by atomic mass is 35.5. The van der Waals surface area contributed by atoms with E-state index in [1.165, 1.54) is 7.11 Å². The fourth-order valence-corrected chi connectivity index (χ4v) is 1.68. The molecule has 17 heavy (non-hydrogen) atoms. The van der Waals surface area contributed by atoms with E-state index in [-0.39, 0.29) is 12.0 Å². The molecule has 0 saturated heterocycles. The Morgan fingerprint density at radius 1 is 1.47 bits per heavy atom. The van der Waals surface area contributed by atoms with E-state index in [0.717, 1.165) is 5.69 Å². The number of methoxy groups -OCH3 is 2. The summed E-state index contributed by atoms with van der Waals surface area (Å²) in [7, 11) is 2.94. The van der Waals surface area contributed by atoms with E-state index in [0.29, 0.717) is 17.2 Å². The lowest BCUT2D eigenvalue weighted by molar-refractivity contribution is -0.140.